The molecule has 4 aliphatic rings. The Labute approximate surface area is 146 Å². The minimum absolute atomic E-state index is 0.0621. The third-order valence-corrected chi connectivity index (χ3v) is 5.38. The first-order valence-corrected chi connectivity index (χ1v) is 8.70. The van der Waals surface area contributed by atoms with Gasteiger partial charge in [0.25, 0.3) is 0 Å². The number of fused-ring (bicyclic) bond motifs is 1. The lowest BCUT2D eigenvalue weighted by Crippen LogP contribution is -2.40. The monoisotopic (exact) mass is 352 g/mol. The van der Waals surface area contributed by atoms with E-state index in [0.717, 1.165) is 25.7 Å². The van der Waals surface area contributed by atoms with Gasteiger partial charge in [-0.15, -0.1) is 0 Å². The minimum Gasteiger partial charge on any atom is -0.462 e. The number of hydrogen-bond acceptors (Lipinski definition) is 7. The van der Waals surface area contributed by atoms with Crippen molar-refractivity contribution in [3.63, 3.8) is 0 Å². The second kappa shape index (κ2) is 7.56. The van der Waals surface area contributed by atoms with Gasteiger partial charge in [-0.2, -0.15) is 0 Å². The van der Waals surface area contributed by atoms with Crippen LogP contribution in [0.15, 0.2) is 12.2 Å². The summed E-state index contributed by atoms with van der Waals surface area (Å²) < 4.78 is 20.6. The van der Waals surface area contributed by atoms with E-state index in [-0.39, 0.29) is 36.3 Å². The van der Waals surface area contributed by atoms with Gasteiger partial charge in [0.2, 0.25) is 0 Å². The number of carbonyl (C=O) groups is 3. The van der Waals surface area contributed by atoms with Gasteiger partial charge in [-0.25, -0.2) is 9.59 Å². The molecule has 0 aromatic carbocycles. The largest absolute Gasteiger partial charge is 0.462 e. The van der Waals surface area contributed by atoms with Crippen LogP contribution in [0.4, 0.5) is 0 Å². The molecule has 2 heterocycles. The molecule has 4 rings (SSSR count). The second-order valence-corrected chi connectivity index (χ2v) is 7.26. The van der Waals surface area contributed by atoms with Gasteiger partial charge in [0.15, 0.2) is 13.4 Å². The highest BCUT2D eigenvalue weighted by molar-refractivity contribution is 5.88. The summed E-state index contributed by atoms with van der Waals surface area (Å²) in [4.78, 5) is 34.9. The van der Waals surface area contributed by atoms with E-state index in [2.05, 4.69) is 6.58 Å². The third-order valence-electron chi connectivity index (χ3n) is 5.38. The maximum atomic E-state index is 12.2. The van der Waals surface area contributed by atoms with Crippen LogP contribution in [0.1, 0.15) is 32.6 Å². The Kier molecular flexibility index (Phi) is 5.42. The number of rotatable bonds is 7. The summed E-state index contributed by atoms with van der Waals surface area (Å²) in [7, 11) is 0. The van der Waals surface area contributed by atoms with E-state index in [0.29, 0.717) is 18.4 Å². The number of carbonyl (C=O) groups excluding carboxylic acids is 3. The van der Waals surface area contributed by atoms with Crippen LogP contribution in [0.5, 0.6) is 0 Å². The Bertz CT molecular complexity index is 570. The van der Waals surface area contributed by atoms with Gasteiger partial charge in [-0.1, -0.05) is 6.58 Å². The van der Waals surface area contributed by atoms with E-state index >= 15 is 0 Å². The lowest BCUT2D eigenvalue weighted by atomic mass is 9.62. The molecule has 25 heavy (non-hydrogen) atoms. The van der Waals surface area contributed by atoms with Gasteiger partial charge in [-0.05, 0) is 50.4 Å². The number of esters is 3. The smallest absolute Gasteiger partial charge is 0.346 e. The molecule has 4 fully saturated rings. The molecule has 2 saturated heterocycles. The van der Waals surface area contributed by atoms with Crippen molar-refractivity contribution in [2.24, 2.45) is 23.7 Å². The van der Waals surface area contributed by atoms with Crippen molar-refractivity contribution in [1.29, 1.82) is 0 Å². The summed E-state index contributed by atoms with van der Waals surface area (Å²) in [6, 6.07) is 0. The summed E-state index contributed by atoms with van der Waals surface area (Å²) >= 11 is 0. The number of hydrogen-bond donors (Lipinski definition) is 0. The average Bonchev–Trinajstić information content (AvgIpc) is 2.72. The van der Waals surface area contributed by atoms with E-state index in [4.69, 9.17) is 18.9 Å². The zero-order valence-electron chi connectivity index (χ0n) is 14.4. The van der Waals surface area contributed by atoms with Crippen molar-refractivity contribution in [1.82, 2.24) is 0 Å². The van der Waals surface area contributed by atoms with Gasteiger partial charge < -0.3 is 18.9 Å². The first kappa shape index (κ1) is 17.9. The number of ether oxygens (including phenoxy) is 4. The van der Waals surface area contributed by atoms with Crippen LogP contribution in [0.2, 0.25) is 0 Å². The van der Waals surface area contributed by atoms with E-state index in [1.54, 1.807) is 0 Å². The van der Waals surface area contributed by atoms with Crippen LogP contribution in [0.25, 0.3) is 0 Å². The Balaban J connectivity index is 1.40. The van der Waals surface area contributed by atoms with E-state index < -0.39 is 18.5 Å². The molecule has 0 spiro atoms. The normalized spacial score (nSPS) is 32.7. The van der Waals surface area contributed by atoms with Crippen molar-refractivity contribution >= 4 is 17.9 Å². The van der Waals surface area contributed by atoms with Gasteiger partial charge in [0, 0.05) is 5.57 Å². The molecule has 0 aromatic rings. The predicted octanol–water partition coefficient (Wildman–Crippen LogP) is 1.60. The molecular formula is C18H24O7. The lowest BCUT2D eigenvalue weighted by Gasteiger charge is -2.41. The van der Waals surface area contributed by atoms with Crippen molar-refractivity contribution in [3.05, 3.63) is 12.2 Å². The quantitative estimate of drug-likeness (QED) is 0.226. The lowest BCUT2D eigenvalue weighted by molar-refractivity contribution is -0.168. The fourth-order valence-corrected chi connectivity index (χ4v) is 4.28. The highest BCUT2D eigenvalue weighted by atomic mass is 16.7. The first-order chi connectivity index (χ1) is 11.9. The zero-order valence-corrected chi connectivity index (χ0v) is 14.4. The Hall–Kier alpha value is -1.89. The van der Waals surface area contributed by atoms with Crippen LogP contribution < -0.4 is 0 Å². The summed E-state index contributed by atoms with van der Waals surface area (Å²) in [6.07, 6.45) is 3.95. The van der Waals surface area contributed by atoms with Crippen LogP contribution in [0.3, 0.4) is 0 Å². The summed E-state index contributed by atoms with van der Waals surface area (Å²) in [5.41, 5.74) is 0.217. The fourth-order valence-electron chi connectivity index (χ4n) is 4.28. The molecule has 0 aromatic heterocycles. The minimum atomic E-state index is -0.684. The van der Waals surface area contributed by atoms with Crippen LogP contribution in [-0.2, 0) is 33.3 Å². The van der Waals surface area contributed by atoms with Gasteiger partial charge in [0.05, 0.1) is 12.5 Å². The van der Waals surface area contributed by atoms with E-state index in [1.165, 1.54) is 6.92 Å². The topological polar surface area (TPSA) is 88.1 Å². The van der Waals surface area contributed by atoms with Crippen molar-refractivity contribution < 1.29 is 33.3 Å². The highest BCUT2D eigenvalue weighted by Gasteiger charge is 2.50. The molecule has 138 valence electrons. The molecule has 2 aliphatic carbocycles. The molecule has 5 unspecified atom stereocenters. The third kappa shape index (κ3) is 4.21. The van der Waals surface area contributed by atoms with Gasteiger partial charge >= 0.3 is 17.9 Å². The average molecular weight is 352 g/mol. The maximum Gasteiger partial charge on any atom is 0.346 e. The van der Waals surface area contributed by atoms with Crippen LogP contribution >= 0.6 is 0 Å². The van der Waals surface area contributed by atoms with E-state index in [1.807, 2.05) is 0 Å². The molecule has 0 N–H and O–H groups in total. The van der Waals surface area contributed by atoms with Gasteiger partial charge in [0.1, 0.15) is 6.10 Å². The summed E-state index contributed by atoms with van der Waals surface area (Å²) in [5.74, 6) is -0.402. The molecule has 2 saturated carbocycles. The van der Waals surface area contributed by atoms with Crippen LogP contribution in [-0.4, -0.2) is 44.0 Å². The summed E-state index contributed by atoms with van der Waals surface area (Å²) in [6.45, 7) is 4.59. The first-order valence-electron chi connectivity index (χ1n) is 8.70. The molecule has 0 amide bonds. The maximum absolute atomic E-state index is 12.2. The molecule has 7 heteroatoms. The predicted molar refractivity (Wildman–Crippen MR) is 85.0 cm³/mol. The zero-order chi connectivity index (χ0) is 18.0. The second-order valence-electron chi connectivity index (χ2n) is 7.26. The molecule has 0 radical (unpaired) electrons. The van der Waals surface area contributed by atoms with Gasteiger partial charge in [-0.3, -0.25) is 4.79 Å². The Morgan fingerprint density at radius 3 is 2.76 bits per heavy atom. The highest BCUT2D eigenvalue weighted by Crippen LogP contribution is 2.50. The van der Waals surface area contributed by atoms with Crippen LogP contribution in [0, 0.1) is 23.7 Å². The molecule has 7 nitrogen and oxygen atoms in total. The van der Waals surface area contributed by atoms with E-state index in [9.17, 15) is 14.4 Å². The molecule has 2 aliphatic heterocycles. The standard InChI is InChI=1S/C18H24O7/c1-10(2)17(20)23-8-16(19)24-9-22-7-15-12-3-11-4-13(6-12)25-18(21)14(15)5-11/h11-15H,1,3-9H2,2H3. The molecule has 5 atom stereocenters. The van der Waals surface area contributed by atoms with Crippen molar-refractivity contribution in [3.8, 4) is 0 Å². The molecular weight excluding hydrogens is 328 g/mol. The van der Waals surface area contributed by atoms with Crippen molar-refractivity contribution in [2.45, 2.75) is 38.7 Å². The Morgan fingerprint density at radius 1 is 1.20 bits per heavy atom. The summed E-state index contributed by atoms with van der Waals surface area (Å²) in [5, 5.41) is 0. The Morgan fingerprint density at radius 2 is 2.00 bits per heavy atom. The van der Waals surface area contributed by atoms with Crippen molar-refractivity contribution in [2.75, 3.05) is 20.0 Å². The SMILES string of the molecule is C=C(C)C(=O)OCC(=O)OCOCC1C2CC3CC(C2)OC(=O)C1C3. The fraction of sp³-hybridized carbons (Fsp3) is 0.722. The molecule has 4 bridgehead atoms.